The van der Waals surface area contributed by atoms with E-state index < -0.39 is 6.10 Å². The van der Waals surface area contributed by atoms with Gasteiger partial charge < -0.3 is 9.94 Å². The third-order valence-electron chi connectivity index (χ3n) is 1.76. The van der Waals surface area contributed by atoms with Crippen molar-refractivity contribution in [2.75, 3.05) is 0 Å². The summed E-state index contributed by atoms with van der Waals surface area (Å²) in [5.41, 5.74) is 0.504. The predicted octanol–water partition coefficient (Wildman–Crippen LogP) is 0.283. The normalized spacial score (nSPS) is 26.2. The van der Waals surface area contributed by atoms with Crippen LogP contribution in [0.15, 0.2) is 24.4 Å². The summed E-state index contributed by atoms with van der Waals surface area (Å²) in [6, 6.07) is 6.99. The van der Waals surface area contributed by atoms with E-state index in [2.05, 4.69) is 0 Å². The molecule has 1 aromatic rings. The molecule has 1 fully saturated rings. The van der Waals surface area contributed by atoms with Gasteiger partial charge in [-0.05, 0) is 6.07 Å². The van der Waals surface area contributed by atoms with E-state index in [1.54, 1.807) is 18.2 Å². The Bertz CT molecular complexity index is 345. The van der Waals surface area contributed by atoms with Gasteiger partial charge in [0.1, 0.15) is 0 Å². The molecule has 2 rings (SSSR count). The molecule has 0 bridgehead atoms. The molecule has 12 heavy (non-hydrogen) atoms. The highest BCUT2D eigenvalue weighted by molar-refractivity contribution is 5.14. The zero-order valence-electron chi connectivity index (χ0n) is 6.18. The first-order valence-electron chi connectivity index (χ1n) is 3.56. The lowest BCUT2D eigenvalue weighted by Gasteiger charge is -1.98. The van der Waals surface area contributed by atoms with E-state index >= 15 is 0 Å². The molecule has 0 aliphatic carbocycles. The maximum absolute atomic E-state index is 11.1. The molecule has 0 N–H and O–H groups in total. The largest absolute Gasteiger partial charge is 0.618 e. The van der Waals surface area contributed by atoms with Crippen molar-refractivity contribution in [1.82, 2.24) is 0 Å². The maximum Gasteiger partial charge on any atom is 0.225 e. The maximum atomic E-state index is 11.1. The van der Waals surface area contributed by atoms with Crippen LogP contribution in [0.3, 0.4) is 0 Å². The Kier molecular flexibility index (Phi) is 1.45. The van der Waals surface area contributed by atoms with Crippen LogP contribution in [-0.2, 0) is 4.74 Å². The predicted molar refractivity (Wildman–Crippen MR) is 38.6 cm³/mol. The molecule has 0 saturated carbocycles. The molecule has 2 atom stereocenters. The van der Waals surface area contributed by atoms with E-state index in [4.69, 9.17) is 10.00 Å². The lowest BCUT2D eigenvalue weighted by molar-refractivity contribution is -0.615. The number of pyridine rings is 1. The lowest BCUT2D eigenvalue weighted by atomic mass is 10.2. The molecule has 0 spiro atoms. The highest BCUT2D eigenvalue weighted by Crippen LogP contribution is 2.35. The van der Waals surface area contributed by atoms with Gasteiger partial charge in [-0.3, -0.25) is 0 Å². The van der Waals surface area contributed by atoms with Gasteiger partial charge in [0.15, 0.2) is 18.4 Å². The highest BCUT2D eigenvalue weighted by Gasteiger charge is 2.45. The minimum Gasteiger partial charge on any atom is -0.618 e. The number of epoxide rings is 1. The fourth-order valence-electron chi connectivity index (χ4n) is 1.10. The van der Waals surface area contributed by atoms with Crippen LogP contribution in [0.2, 0.25) is 0 Å². The summed E-state index contributed by atoms with van der Waals surface area (Å²) in [6.45, 7) is 0. The van der Waals surface area contributed by atoms with Crippen molar-refractivity contribution in [3.05, 3.63) is 35.3 Å². The zero-order valence-corrected chi connectivity index (χ0v) is 6.18. The Morgan fingerprint density at radius 1 is 1.58 bits per heavy atom. The van der Waals surface area contributed by atoms with Gasteiger partial charge in [-0.25, -0.2) is 0 Å². The molecular formula is C8H6N2O2. The first-order valence-corrected chi connectivity index (χ1v) is 3.56. The van der Waals surface area contributed by atoms with Gasteiger partial charge in [-0.15, -0.1) is 0 Å². The van der Waals surface area contributed by atoms with Gasteiger partial charge in [0.2, 0.25) is 5.69 Å². The molecule has 0 unspecified atom stereocenters. The number of hydrogen-bond acceptors (Lipinski definition) is 3. The SMILES string of the molecule is N#C[C@H]1O[C@@H]1c1cccc[n+]1[O-]. The summed E-state index contributed by atoms with van der Waals surface area (Å²) in [7, 11) is 0. The number of ether oxygens (including phenoxy) is 1. The van der Waals surface area contributed by atoms with Crippen molar-refractivity contribution in [2.45, 2.75) is 12.2 Å². The number of nitriles is 1. The molecular weight excluding hydrogens is 156 g/mol. The molecule has 2 heterocycles. The zero-order chi connectivity index (χ0) is 8.55. The van der Waals surface area contributed by atoms with Gasteiger partial charge in [-0.1, -0.05) is 0 Å². The topological polar surface area (TPSA) is 63.3 Å². The molecule has 4 nitrogen and oxygen atoms in total. The number of hydrogen-bond donors (Lipinski definition) is 0. The van der Waals surface area contributed by atoms with Crippen LogP contribution >= 0.6 is 0 Å². The van der Waals surface area contributed by atoms with Crippen molar-refractivity contribution in [2.24, 2.45) is 0 Å². The summed E-state index contributed by atoms with van der Waals surface area (Å²) >= 11 is 0. The fraction of sp³-hybridized carbons (Fsp3) is 0.250. The number of aromatic nitrogens is 1. The summed E-state index contributed by atoms with van der Waals surface area (Å²) < 4.78 is 5.68. The second kappa shape index (κ2) is 2.47. The molecule has 1 saturated heterocycles. The molecule has 0 aromatic carbocycles. The van der Waals surface area contributed by atoms with E-state index in [1.807, 2.05) is 6.07 Å². The van der Waals surface area contributed by atoms with Crippen LogP contribution in [0.4, 0.5) is 0 Å². The summed E-state index contributed by atoms with van der Waals surface area (Å²) in [5.74, 6) is 0. The Morgan fingerprint density at radius 2 is 2.42 bits per heavy atom. The van der Waals surface area contributed by atoms with Crippen LogP contribution in [0, 0.1) is 16.5 Å². The van der Waals surface area contributed by atoms with Crippen LogP contribution in [0.5, 0.6) is 0 Å². The number of rotatable bonds is 1. The average molecular weight is 162 g/mol. The standard InChI is InChI=1S/C8H6N2O2/c9-5-7-8(12-7)6-3-1-2-4-10(6)11/h1-4,7-8H/t7-,8-/m1/s1. The van der Waals surface area contributed by atoms with Gasteiger partial charge >= 0.3 is 0 Å². The van der Waals surface area contributed by atoms with Crippen molar-refractivity contribution < 1.29 is 9.47 Å². The van der Waals surface area contributed by atoms with E-state index in [0.717, 1.165) is 4.73 Å². The summed E-state index contributed by atoms with van der Waals surface area (Å²) in [5, 5.41) is 19.5. The summed E-state index contributed by atoms with van der Waals surface area (Å²) in [4.78, 5) is 0. The van der Waals surface area contributed by atoms with Crippen LogP contribution in [0.25, 0.3) is 0 Å². The van der Waals surface area contributed by atoms with Gasteiger partial charge in [0, 0.05) is 12.1 Å². The smallest absolute Gasteiger partial charge is 0.225 e. The van der Waals surface area contributed by atoms with Crippen LogP contribution < -0.4 is 4.73 Å². The van der Waals surface area contributed by atoms with E-state index in [0.29, 0.717) is 5.69 Å². The number of nitrogens with zero attached hydrogens (tertiary/aromatic N) is 2. The summed E-state index contributed by atoms with van der Waals surface area (Å²) in [6.07, 6.45) is 0.632. The molecule has 4 heteroatoms. The first-order chi connectivity index (χ1) is 5.83. The first kappa shape index (κ1) is 7.07. The molecule has 60 valence electrons. The van der Waals surface area contributed by atoms with Crippen molar-refractivity contribution >= 4 is 0 Å². The second-order valence-corrected chi connectivity index (χ2v) is 2.56. The third kappa shape index (κ3) is 1.00. The van der Waals surface area contributed by atoms with Crippen LogP contribution in [-0.4, -0.2) is 6.10 Å². The molecule has 0 amide bonds. The van der Waals surface area contributed by atoms with E-state index in [9.17, 15) is 5.21 Å². The van der Waals surface area contributed by atoms with Crippen molar-refractivity contribution in [3.63, 3.8) is 0 Å². The van der Waals surface area contributed by atoms with Gasteiger partial charge in [-0.2, -0.15) is 9.99 Å². The van der Waals surface area contributed by atoms with Gasteiger partial charge in [0.25, 0.3) is 0 Å². The second-order valence-electron chi connectivity index (χ2n) is 2.56. The molecule has 1 aliphatic heterocycles. The van der Waals surface area contributed by atoms with E-state index in [1.165, 1.54) is 6.20 Å². The minimum atomic E-state index is -0.437. The van der Waals surface area contributed by atoms with E-state index in [-0.39, 0.29) is 6.10 Å². The lowest BCUT2D eigenvalue weighted by Crippen LogP contribution is -2.30. The monoisotopic (exact) mass is 162 g/mol. The fourth-order valence-corrected chi connectivity index (χ4v) is 1.10. The van der Waals surface area contributed by atoms with Crippen molar-refractivity contribution in [3.8, 4) is 6.07 Å². The average Bonchev–Trinajstić information content (AvgIpc) is 2.84. The minimum absolute atomic E-state index is 0.325. The Morgan fingerprint density at radius 3 is 3.00 bits per heavy atom. The Balaban J connectivity index is 2.26. The molecule has 1 aliphatic rings. The highest BCUT2D eigenvalue weighted by atomic mass is 16.6. The quantitative estimate of drug-likeness (QED) is 0.338. The molecule has 0 radical (unpaired) electrons. The van der Waals surface area contributed by atoms with Gasteiger partial charge in [0.05, 0.1) is 6.07 Å². The van der Waals surface area contributed by atoms with Crippen LogP contribution in [0.1, 0.15) is 11.8 Å². The van der Waals surface area contributed by atoms with Crippen molar-refractivity contribution in [1.29, 1.82) is 5.26 Å². The third-order valence-corrected chi connectivity index (χ3v) is 1.76. The Hall–Kier alpha value is -1.60. The Labute approximate surface area is 69.2 Å². The molecule has 1 aromatic heterocycles.